The molecule has 2 amide bonds. The van der Waals surface area contributed by atoms with Crippen molar-refractivity contribution in [3.63, 3.8) is 0 Å². The van der Waals surface area contributed by atoms with Crippen LogP contribution in [-0.2, 0) is 16.2 Å². The maximum absolute atomic E-state index is 12.9. The van der Waals surface area contributed by atoms with E-state index >= 15 is 0 Å². The van der Waals surface area contributed by atoms with Crippen molar-refractivity contribution in [3.8, 4) is 5.75 Å². The summed E-state index contributed by atoms with van der Waals surface area (Å²) < 4.78 is 5.70. The lowest BCUT2D eigenvalue weighted by Gasteiger charge is -2.17. The number of carbonyl (C=O) groups excluding carboxylic acids is 2. The zero-order valence-corrected chi connectivity index (χ0v) is 15.4. The van der Waals surface area contributed by atoms with E-state index in [1.54, 1.807) is 36.4 Å². The third-order valence-electron chi connectivity index (χ3n) is 6.09. The van der Waals surface area contributed by atoms with Crippen molar-refractivity contribution in [2.75, 3.05) is 4.90 Å². The van der Waals surface area contributed by atoms with Gasteiger partial charge in [0.05, 0.1) is 22.4 Å². The number of non-ortho nitro benzene ring substituents is 1. The van der Waals surface area contributed by atoms with E-state index < -0.39 is 4.92 Å². The predicted molar refractivity (Wildman–Crippen MR) is 104 cm³/mol. The Hall–Kier alpha value is -3.48. The molecular formula is C22H18N2O5. The van der Waals surface area contributed by atoms with E-state index in [4.69, 9.17) is 4.74 Å². The number of anilines is 1. The van der Waals surface area contributed by atoms with Gasteiger partial charge in [0.2, 0.25) is 11.8 Å². The molecule has 7 heteroatoms. The van der Waals surface area contributed by atoms with Gasteiger partial charge in [-0.1, -0.05) is 24.3 Å². The number of carbonyl (C=O) groups is 2. The van der Waals surface area contributed by atoms with Gasteiger partial charge in [-0.15, -0.1) is 0 Å². The summed E-state index contributed by atoms with van der Waals surface area (Å²) in [4.78, 5) is 37.4. The number of benzene rings is 2. The van der Waals surface area contributed by atoms with E-state index in [0.717, 1.165) is 6.42 Å². The fourth-order valence-corrected chi connectivity index (χ4v) is 4.77. The summed E-state index contributed by atoms with van der Waals surface area (Å²) in [7, 11) is 0. The molecule has 4 atom stereocenters. The van der Waals surface area contributed by atoms with Crippen LogP contribution in [0.15, 0.2) is 60.7 Å². The molecule has 1 saturated heterocycles. The van der Waals surface area contributed by atoms with Crippen molar-refractivity contribution >= 4 is 23.2 Å². The van der Waals surface area contributed by atoms with Crippen molar-refractivity contribution < 1.29 is 19.2 Å². The Bertz CT molecular complexity index is 1020. The predicted octanol–water partition coefficient (Wildman–Crippen LogP) is 3.49. The standard InChI is InChI=1S/C22H18N2O5/c25-21-19-14-4-5-15(11-14)20(19)22(26)23(21)16-6-8-18(9-7-16)29-12-13-2-1-3-17(10-13)24(27)28/h1-10,14-15,19-20H,11-12H2/t14-,15-,19-,20-/m0/s1. The molecule has 1 saturated carbocycles. The summed E-state index contributed by atoms with van der Waals surface area (Å²) in [6.45, 7) is 0.182. The van der Waals surface area contributed by atoms with Gasteiger partial charge < -0.3 is 4.74 Å². The van der Waals surface area contributed by atoms with Crippen LogP contribution in [0.4, 0.5) is 11.4 Å². The maximum Gasteiger partial charge on any atom is 0.269 e. The summed E-state index contributed by atoms with van der Waals surface area (Å²) in [6, 6.07) is 13.1. The smallest absolute Gasteiger partial charge is 0.269 e. The van der Waals surface area contributed by atoms with Crippen LogP contribution in [-0.4, -0.2) is 16.7 Å². The first-order valence-corrected chi connectivity index (χ1v) is 9.55. The minimum Gasteiger partial charge on any atom is -0.489 e. The van der Waals surface area contributed by atoms with E-state index in [2.05, 4.69) is 12.2 Å². The summed E-state index contributed by atoms with van der Waals surface area (Å²) in [6.07, 6.45) is 5.06. The van der Waals surface area contributed by atoms with Crippen LogP contribution < -0.4 is 9.64 Å². The molecular weight excluding hydrogens is 372 g/mol. The first-order valence-electron chi connectivity index (χ1n) is 9.55. The molecule has 2 aromatic carbocycles. The highest BCUT2D eigenvalue weighted by Crippen LogP contribution is 2.53. The topological polar surface area (TPSA) is 89.8 Å². The summed E-state index contributed by atoms with van der Waals surface area (Å²) in [5.74, 6) is 0.267. The molecule has 0 N–H and O–H groups in total. The number of imide groups is 1. The van der Waals surface area contributed by atoms with Crippen molar-refractivity contribution in [1.82, 2.24) is 0 Å². The second-order valence-corrected chi connectivity index (χ2v) is 7.72. The van der Waals surface area contributed by atoms with Crippen LogP contribution in [0, 0.1) is 33.8 Å². The Morgan fingerprint density at radius 3 is 2.28 bits per heavy atom. The fourth-order valence-electron chi connectivity index (χ4n) is 4.77. The number of nitro benzene ring substituents is 1. The van der Waals surface area contributed by atoms with Crippen LogP contribution in [0.3, 0.4) is 0 Å². The molecule has 0 aromatic heterocycles. The highest BCUT2D eigenvalue weighted by Gasteiger charge is 2.59. The molecule has 1 heterocycles. The van der Waals surface area contributed by atoms with Crippen LogP contribution >= 0.6 is 0 Å². The molecule has 3 aliphatic rings. The van der Waals surface area contributed by atoms with Gasteiger partial charge in [0.25, 0.3) is 5.69 Å². The van der Waals surface area contributed by atoms with Crippen molar-refractivity contribution in [2.24, 2.45) is 23.7 Å². The van der Waals surface area contributed by atoms with Gasteiger partial charge in [-0.2, -0.15) is 0 Å². The lowest BCUT2D eigenvalue weighted by atomic mass is 9.85. The van der Waals surface area contributed by atoms with Gasteiger partial charge in [0, 0.05) is 12.1 Å². The van der Waals surface area contributed by atoms with Gasteiger partial charge in [0.15, 0.2) is 0 Å². The number of amides is 2. The molecule has 7 nitrogen and oxygen atoms in total. The fraction of sp³-hybridized carbons (Fsp3) is 0.273. The van der Waals surface area contributed by atoms with Crippen LogP contribution in [0.25, 0.3) is 0 Å². The minimum absolute atomic E-state index is 0.0153. The van der Waals surface area contributed by atoms with Gasteiger partial charge in [-0.25, -0.2) is 0 Å². The molecule has 2 fully saturated rings. The normalized spacial score (nSPS) is 26.8. The third kappa shape index (κ3) is 2.81. The summed E-state index contributed by atoms with van der Waals surface area (Å²) in [5.41, 5.74) is 1.25. The first-order chi connectivity index (χ1) is 14.0. The summed E-state index contributed by atoms with van der Waals surface area (Å²) in [5, 5.41) is 10.9. The Morgan fingerprint density at radius 2 is 1.66 bits per heavy atom. The highest BCUT2D eigenvalue weighted by molar-refractivity contribution is 6.22. The molecule has 1 aliphatic heterocycles. The molecule has 0 spiro atoms. The number of hydrogen-bond acceptors (Lipinski definition) is 5. The minimum atomic E-state index is -0.445. The van der Waals surface area contributed by atoms with Crippen LogP contribution in [0.5, 0.6) is 5.75 Å². The second kappa shape index (κ2) is 6.55. The maximum atomic E-state index is 12.9. The van der Waals surface area contributed by atoms with Gasteiger partial charge in [0.1, 0.15) is 12.4 Å². The largest absolute Gasteiger partial charge is 0.489 e. The number of rotatable bonds is 5. The van der Waals surface area contributed by atoms with Crippen molar-refractivity contribution in [2.45, 2.75) is 13.0 Å². The first kappa shape index (κ1) is 17.6. The van der Waals surface area contributed by atoms with Crippen molar-refractivity contribution in [1.29, 1.82) is 0 Å². The van der Waals surface area contributed by atoms with Crippen molar-refractivity contribution in [3.05, 3.63) is 76.4 Å². The Kier molecular flexibility index (Phi) is 3.97. The van der Waals surface area contributed by atoms with Crippen LogP contribution in [0.1, 0.15) is 12.0 Å². The number of ether oxygens (including phenoxy) is 1. The molecule has 29 heavy (non-hydrogen) atoms. The molecule has 2 aromatic rings. The van der Waals surface area contributed by atoms with Gasteiger partial charge >= 0.3 is 0 Å². The lowest BCUT2D eigenvalue weighted by Crippen LogP contribution is -2.32. The number of fused-ring (bicyclic) bond motifs is 5. The van der Waals surface area contributed by atoms with Gasteiger partial charge in [-0.3, -0.25) is 24.6 Å². The number of hydrogen-bond donors (Lipinski definition) is 0. The molecule has 146 valence electrons. The van der Waals surface area contributed by atoms with E-state index in [-0.39, 0.29) is 47.8 Å². The number of allylic oxidation sites excluding steroid dienone is 2. The quantitative estimate of drug-likeness (QED) is 0.337. The Morgan fingerprint density at radius 1 is 1.00 bits per heavy atom. The van der Waals surface area contributed by atoms with E-state index in [0.29, 0.717) is 17.0 Å². The average Bonchev–Trinajstić information content (AvgIpc) is 3.41. The molecule has 2 aliphatic carbocycles. The average molecular weight is 390 g/mol. The lowest BCUT2D eigenvalue weighted by molar-refractivity contribution is -0.384. The highest BCUT2D eigenvalue weighted by atomic mass is 16.6. The van der Waals surface area contributed by atoms with E-state index in [1.165, 1.54) is 17.0 Å². The molecule has 0 unspecified atom stereocenters. The Labute approximate surface area is 166 Å². The van der Waals surface area contributed by atoms with E-state index in [1.807, 2.05) is 0 Å². The number of nitrogens with zero attached hydrogens (tertiary/aromatic N) is 2. The molecule has 5 rings (SSSR count). The summed E-state index contributed by atoms with van der Waals surface area (Å²) >= 11 is 0. The monoisotopic (exact) mass is 390 g/mol. The number of nitro groups is 1. The van der Waals surface area contributed by atoms with Crippen LogP contribution in [0.2, 0.25) is 0 Å². The Balaban J connectivity index is 1.29. The second-order valence-electron chi connectivity index (χ2n) is 7.72. The zero-order chi connectivity index (χ0) is 20.1. The SMILES string of the molecule is O=C1[C@@H]2[C@@H](C(=O)N1c1ccc(OCc3cccc([N+](=O)[O-])c3)cc1)[C@H]1C=C[C@H]2C1. The third-order valence-corrected chi connectivity index (χ3v) is 6.09. The van der Waals surface area contributed by atoms with Gasteiger partial charge in [-0.05, 0) is 48.1 Å². The zero-order valence-electron chi connectivity index (χ0n) is 15.4. The molecule has 0 radical (unpaired) electrons. The molecule has 2 bridgehead atoms. The van der Waals surface area contributed by atoms with E-state index in [9.17, 15) is 19.7 Å².